The van der Waals surface area contributed by atoms with Crippen molar-refractivity contribution in [2.75, 3.05) is 27.4 Å². The Balaban J connectivity index is 4.72. The Morgan fingerprint density at radius 2 is 2.00 bits per heavy atom. The summed E-state index contributed by atoms with van der Waals surface area (Å²) in [5.74, 6) is -1.65. The number of halogens is 1. The number of carbonyl (C=O) groups is 2. The molecule has 0 N–H and O–H groups in total. The van der Waals surface area contributed by atoms with E-state index in [-0.39, 0.29) is 12.2 Å². The summed E-state index contributed by atoms with van der Waals surface area (Å²) in [6, 6.07) is 0. The fourth-order valence-electron chi connectivity index (χ4n) is 0.778. The lowest BCUT2D eigenvalue weighted by molar-refractivity contribution is -0.140. The largest absolute Gasteiger partial charge is 0.462 e. The van der Waals surface area contributed by atoms with Crippen LogP contribution in [0.1, 0.15) is 6.92 Å². The molecule has 0 aromatic rings. The van der Waals surface area contributed by atoms with Gasteiger partial charge >= 0.3 is 5.97 Å². The second kappa shape index (κ2) is 6.12. The van der Waals surface area contributed by atoms with E-state index < -0.39 is 18.4 Å². The Morgan fingerprint density at radius 3 is 2.36 bits per heavy atom. The summed E-state index contributed by atoms with van der Waals surface area (Å²) in [6.45, 7) is 0.576. The highest BCUT2D eigenvalue weighted by Crippen LogP contribution is 2.02. The fraction of sp³-hybridized carbons (Fsp3) is 0.556. The highest BCUT2D eigenvalue weighted by molar-refractivity contribution is 6.17. The van der Waals surface area contributed by atoms with Crippen molar-refractivity contribution in [3.05, 3.63) is 11.8 Å². The van der Waals surface area contributed by atoms with Crippen LogP contribution in [-0.4, -0.2) is 44.0 Å². The molecular formula is C9H14FNO3. The van der Waals surface area contributed by atoms with Gasteiger partial charge in [0.1, 0.15) is 5.57 Å². The van der Waals surface area contributed by atoms with E-state index >= 15 is 0 Å². The molecule has 4 nitrogen and oxygen atoms in total. The molecule has 0 heterocycles. The minimum atomic E-state index is -1.20. The van der Waals surface area contributed by atoms with Crippen LogP contribution in [0.4, 0.5) is 4.39 Å². The third kappa shape index (κ3) is 4.02. The molecule has 0 fully saturated rings. The quantitative estimate of drug-likeness (QED) is 0.283. The second-order valence-electron chi connectivity index (χ2n) is 2.78. The standard InChI is InChI=1S/C9H14FNO3/c1-4-14-9(13)7(6-11(2)3)8(12)5-10/h6H,4-5H2,1-3H3/b7-6-. The maximum Gasteiger partial charge on any atom is 0.343 e. The molecule has 0 rings (SSSR count). The van der Waals surface area contributed by atoms with E-state index in [1.807, 2.05) is 0 Å². The molecule has 0 unspecified atom stereocenters. The zero-order chi connectivity index (χ0) is 11.1. The van der Waals surface area contributed by atoms with Crippen molar-refractivity contribution in [1.82, 2.24) is 4.90 Å². The van der Waals surface area contributed by atoms with Crippen molar-refractivity contribution in [3.8, 4) is 0 Å². The number of esters is 1. The Hall–Kier alpha value is -1.39. The first kappa shape index (κ1) is 12.6. The van der Waals surface area contributed by atoms with Crippen molar-refractivity contribution < 1.29 is 18.7 Å². The lowest BCUT2D eigenvalue weighted by atomic mass is 10.2. The predicted octanol–water partition coefficient (Wildman–Crippen LogP) is 0.534. The zero-order valence-corrected chi connectivity index (χ0v) is 8.54. The Kier molecular flexibility index (Phi) is 5.52. The first-order chi connectivity index (χ1) is 6.52. The zero-order valence-electron chi connectivity index (χ0n) is 8.54. The Labute approximate surface area is 82.3 Å². The Bertz CT molecular complexity index is 248. The maximum absolute atomic E-state index is 12.1. The van der Waals surface area contributed by atoms with Gasteiger partial charge in [-0.2, -0.15) is 0 Å². The van der Waals surface area contributed by atoms with Crippen LogP contribution in [0.5, 0.6) is 0 Å². The van der Waals surface area contributed by atoms with Gasteiger partial charge in [0.05, 0.1) is 6.61 Å². The van der Waals surface area contributed by atoms with Gasteiger partial charge in [0, 0.05) is 20.3 Å². The van der Waals surface area contributed by atoms with E-state index in [9.17, 15) is 14.0 Å². The number of rotatable bonds is 5. The fourth-order valence-corrected chi connectivity index (χ4v) is 0.778. The normalized spacial score (nSPS) is 11.0. The number of Topliss-reactive ketones (excluding diaryl/α,β-unsaturated/α-hetero) is 1. The number of hydrogen-bond acceptors (Lipinski definition) is 4. The lowest BCUT2D eigenvalue weighted by Crippen LogP contribution is -2.20. The highest BCUT2D eigenvalue weighted by atomic mass is 19.1. The van der Waals surface area contributed by atoms with Crippen molar-refractivity contribution in [3.63, 3.8) is 0 Å². The van der Waals surface area contributed by atoms with Crippen LogP contribution in [0, 0.1) is 0 Å². The van der Waals surface area contributed by atoms with Crippen LogP contribution in [0.3, 0.4) is 0 Å². The number of ketones is 1. The van der Waals surface area contributed by atoms with Gasteiger partial charge < -0.3 is 9.64 Å². The summed E-state index contributed by atoms with van der Waals surface area (Å²) in [5.41, 5.74) is -0.264. The summed E-state index contributed by atoms with van der Waals surface area (Å²) in [7, 11) is 3.26. The van der Waals surface area contributed by atoms with Gasteiger partial charge in [-0.15, -0.1) is 0 Å². The van der Waals surface area contributed by atoms with Crippen molar-refractivity contribution in [1.29, 1.82) is 0 Å². The molecule has 0 saturated carbocycles. The van der Waals surface area contributed by atoms with E-state index in [4.69, 9.17) is 0 Å². The number of hydrogen-bond donors (Lipinski definition) is 0. The van der Waals surface area contributed by atoms with Gasteiger partial charge in [-0.3, -0.25) is 4.79 Å². The van der Waals surface area contributed by atoms with E-state index in [2.05, 4.69) is 4.74 Å². The molecule has 0 spiro atoms. The summed E-state index contributed by atoms with van der Waals surface area (Å²) < 4.78 is 16.7. The molecule has 0 aliphatic heterocycles. The molecular weight excluding hydrogens is 189 g/mol. The third-order valence-corrected chi connectivity index (χ3v) is 1.30. The molecule has 0 aliphatic rings. The van der Waals surface area contributed by atoms with Gasteiger partial charge in [-0.1, -0.05) is 0 Å². The van der Waals surface area contributed by atoms with E-state index in [0.717, 1.165) is 0 Å². The van der Waals surface area contributed by atoms with Gasteiger partial charge in [0.25, 0.3) is 0 Å². The summed E-state index contributed by atoms with van der Waals surface area (Å²) in [4.78, 5) is 23.7. The van der Waals surface area contributed by atoms with Crippen LogP contribution >= 0.6 is 0 Å². The first-order valence-electron chi connectivity index (χ1n) is 4.17. The smallest absolute Gasteiger partial charge is 0.343 e. The van der Waals surface area contributed by atoms with Crippen molar-refractivity contribution in [2.24, 2.45) is 0 Å². The lowest BCUT2D eigenvalue weighted by Gasteiger charge is -2.08. The molecule has 0 radical (unpaired) electrons. The van der Waals surface area contributed by atoms with Gasteiger partial charge in [0.2, 0.25) is 5.78 Å². The van der Waals surface area contributed by atoms with Gasteiger partial charge in [0.15, 0.2) is 6.67 Å². The topological polar surface area (TPSA) is 46.6 Å². The maximum atomic E-state index is 12.1. The number of alkyl halides is 1. The minimum Gasteiger partial charge on any atom is -0.462 e. The molecule has 5 heteroatoms. The molecule has 80 valence electrons. The molecule has 0 aromatic carbocycles. The predicted molar refractivity (Wildman–Crippen MR) is 49.4 cm³/mol. The van der Waals surface area contributed by atoms with E-state index in [1.54, 1.807) is 21.0 Å². The van der Waals surface area contributed by atoms with Crippen LogP contribution in [-0.2, 0) is 14.3 Å². The molecule has 0 aromatic heterocycles. The molecule has 0 atom stereocenters. The molecule has 14 heavy (non-hydrogen) atoms. The van der Waals surface area contributed by atoms with E-state index in [0.29, 0.717) is 0 Å². The average molecular weight is 203 g/mol. The van der Waals surface area contributed by atoms with Crippen LogP contribution in [0.2, 0.25) is 0 Å². The molecule has 0 aliphatic carbocycles. The SMILES string of the molecule is CCOC(=O)/C(=C\N(C)C)C(=O)CF. The average Bonchev–Trinajstić information content (AvgIpc) is 2.13. The monoisotopic (exact) mass is 203 g/mol. The molecule has 0 saturated heterocycles. The van der Waals surface area contributed by atoms with Crippen LogP contribution < -0.4 is 0 Å². The molecule has 0 amide bonds. The molecule has 0 bridgehead atoms. The summed E-state index contributed by atoms with van der Waals surface area (Å²) >= 11 is 0. The minimum absolute atomic E-state index is 0.156. The van der Waals surface area contributed by atoms with Gasteiger partial charge in [-0.25, -0.2) is 9.18 Å². The van der Waals surface area contributed by atoms with Crippen LogP contribution in [0.15, 0.2) is 11.8 Å². The van der Waals surface area contributed by atoms with Gasteiger partial charge in [-0.05, 0) is 6.92 Å². The third-order valence-electron chi connectivity index (χ3n) is 1.30. The van der Waals surface area contributed by atoms with Crippen molar-refractivity contribution >= 4 is 11.8 Å². The summed E-state index contributed by atoms with van der Waals surface area (Å²) in [5, 5.41) is 0. The highest BCUT2D eigenvalue weighted by Gasteiger charge is 2.19. The number of carbonyl (C=O) groups excluding carboxylic acids is 2. The summed E-state index contributed by atoms with van der Waals surface area (Å²) in [6.07, 6.45) is 1.25. The first-order valence-corrected chi connectivity index (χ1v) is 4.17. The van der Waals surface area contributed by atoms with Crippen molar-refractivity contribution in [2.45, 2.75) is 6.92 Å². The Morgan fingerprint density at radius 1 is 1.43 bits per heavy atom. The second-order valence-corrected chi connectivity index (χ2v) is 2.78. The number of nitrogens with zero attached hydrogens (tertiary/aromatic N) is 1. The number of ether oxygens (including phenoxy) is 1. The van der Waals surface area contributed by atoms with Crippen LogP contribution in [0.25, 0.3) is 0 Å². The van der Waals surface area contributed by atoms with E-state index in [1.165, 1.54) is 11.1 Å².